The van der Waals surface area contributed by atoms with E-state index in [0.29, 0.717) is 0 Å². The number of rotatable bonds is 14. The average Bonchev–Trinajstić information content (AvgIpc) is 3.19. The number of carboxylic acid groups (broad SMARTS) is 1. The summed E-state index contributed by atoms with van der Waals surface area (Å²) in [6.07, 6.45) is 18.4. The fraction of sp³-hybridized carbons (Fsp3) is 0.864. The summed E-state index contributed by atoms with van der Waals surface area (Å²) < 4.78 is 5.90. The van der Waals surface area contributed by atoms with Crippen LogP contribution in [0.2, 0.25) is 0 Å². The van der Waals surface area contributed by atoms with E-state index in [2.05, 4.69) is 19.1 Å². The first-order valence-corrected chi connectivity index (χ1v) is 10.7. The predicted octanol–water partition coefficient (Wildman–Crippen LogP) is 5.84. The largest absolute Gasteiger partial charge is 0.481 e. The normalized spacial score (nSPS) is 28.2. The summed E-state index contributed by atoms with van der Waals surface area (Å²) in [6, 6.07) is 0. The zero-order valence-corrected chi connectivity index (χ0v) is 16.1. The van der Waals surface area contributed by atoms with Crippen molar-refractivity contribution in [3.8, 4) is 0 Å². The van der Waals surface area contributed by atoms with Crippen molar-refractivity contribution in [1.29, 1.82) is 0 Å². The zero-order valence-electron chi connectivity index (χ0n) is 16.1. The van der Waals surface area contributed by atoms with Gasteiger partial charge in [0.15, 0.2) is 0 Å². The minimum absolute atomic E-state index is 0.288. The van der Waals surface area contributed by atoms with Gasteiger partial charge in [-0.25, -0.2) is 0 Å². The Morgan fingerprint density at radius 2 is 1.84 bits per heavy atom. The molecule has 0 spiro atoms. The van der Waals surface area contributed by atoms with Gasteiger partial charge in [-0.1, -0.05) is 38.3 Å². The van der Waals surface area contributed by atoms with E-state index in [1.54, 1.807) is 0 Å². The van der Waals surface area contributed by atoms with Gasteiger partial charge in [0.05, 0.1) is 0 Å². The third kappa shape index (κ3) is 7.13. The summed E-state index contributed by atoms with van der Waals surface area (Å²) in [4.78, 5) is 10.5. The van der Waals surface area contributed by atoms with Gasteiger partial charge in [0.1, 0.15) is 0 Å². The molecular weight excluding hydrogens is 312 g/mol. The second-order valence-corrected chi connectivity index (χ2v) is 8.12. The average molecular weight is 351 g/mol. The Labute approximate surface area is 154 Å². The Kier molecular flexibility index (Phi) is 9.60. The molecule has 0 heterocycles. The Bertz CT molecular complexity index is 404. The first kappa shape index (κ1) is 20.5. The second kappa shape index (κ2) is 11.7. The number of hydrogen-bond acceptors (Lipinski definition) is 2. The van der Waals surface area contributed by atoms with E-state index in [1.165, 1.54) is 57.8 Å². The maximum Gasteiger partial charge on any atom is 0.303 e. The lowest BCUT2D eigenvalue weighted by atomic mass is 9.76. The molecule has 0 aromatic rings. The monoisotopic (exact) mass is 350 g/mol. The quantitative estimate of drug-likeness (QED) is 0.316. The summed E-state index contributed by atoms with van der Waals surface area (Å²) in [5.74, 6) is 2.90. The van der Waals surface area contributed by atoms with Gasteiger partial charge in [0.25, 0.3) is 0 Å². The molecule has 2 fully saturated rings. The molecule has 2 saturated carbocycles. The minimum atomic E-state index is -0.684. The van der Waals surface area contributed by atoms with E-state index < -0.39 is 5.97 Å². The standard InChI is InChI=1S/C22H38O3/c1-2-3-4-9-15-25-16-14-21-19-13-12-18(17-19)20(21)10-7-5-6-8-11-22(23)24/h5,7,18-21H,2-4,6,8-17H2,1H3,(H,23,24)/t18-,19+,20-,21+/m0/s1. The van der Waals surface area contributed by atoms with Gasteiger partial charge >= 0.3 is 5.97 Å². The van der Waals surface area contributed by atoms with Crippen molar-refractivity contribution in [2.75, 3.05) is 13.2 Å². The molecule has 3 nitrogen and oxygen atoms in total. The van der Waals surface area contributed by atoms with Crippen LogP contribution in [0.3, 0.4) is 0 Å². The first-order chi connectivity index (χ1) is 12.2. The molecule has 25 heavy (non-hydrogen) atoms. The highest BCUT2D eigenvalue weighted by atomic mass is 16.5. The number of fused-ring (bicyclic) bond motifs is 2. The molecule has 2 aliphatic carbocycles. The van der Waals surface area contributed by atoms with Crippen LogP contribution in [0.1, 0.15) is 84.0 Å². The van der Waals surface area contributed by atoms with Crippen molar-refractivity contribution < 1.29 is 14.6 Å². The molecule has 0 unspecified atom stereocenters. The lowest BCUT2D eigenvalue weighted by Crippen LogP contribution is -2.23. The van der Waals surface area contributed by atoms with Crippen LogP contribution in [0.4, 0.5) is 0 Å². The van der Waals surface area contributed by atoms with E-state index in [1.807, 2.05) is 0 Å². The highest BCUT2D eigenvalue weighted by molar-refractivity contribution is 5.66. The molecule has 0 aliphatic heterocycles. The number of hydrogen-bond donors (Lipinski definition) is 1. The zero-order chi connectivity index (χ0) is 17.9. The Hall–Kier alpha value is -0.830. The van der Waals surface area contributed by atoms with Crippen molar-refractivity contribution >= 4 is 5.97 Å². The van der Waals surface area contributed by atoms with E-state index in [0.717, 1.165) is 49.7 Å². The highest BCUT2D eigenvalue weighted by Crippen LogP contribution is 2.54. The molecule has 3 heteroatoms. The molecule has 0 amide bonds. The Morgan fingerprint density at radius 1 is 1.04 bits per heavy atom. The molecule has 0 aromatic heterocycles. The molecule has 2 aliphatic rings. The van der Waals surface area contributed by atoms with Gasteiger partial charge in [0.2, 0.25) is 0 Å². The SMILES string of the molecule is CCCCCCOCC[C@@H]1[C@@H]2CC[C@@H](C2)[C@@H]1CC=CCCCC(=O)O. The second-order valence-electron chi connectivity index (χ2n) is 8.12. The van der Waals surface area contributed by atoms with Gasteiger partial charge in [-0.3, -0.25) is 4.79 Å². The van der Waals surface area contributed by atoms with Crippen LogP contribution in [-0.4, -0.2) is 24.3 Å². The lowest BCUT2D eigenvalue weighted by molar-refractivity contribution is -0.137. The summed E-state index contributed by atoms with van der Waals surface area (Å²) in [7, 11) is 0. The van der Waals surface area contributed by atoms with Crippen molar-refractivity contribution in [1.82, 2.24) is 0 Å². The molecule has 0 radical (unpaired) electrons. The number of allylic oxidation sites excluding steroid dienone is 2. The number of aliphatic carboxylic acids is 1. The van der Waals surface area contributed by atoms with E-state index in [4.69, 9.17) is 9.84 Å². The van der Waals surface area contributed by atoms with Crippen molar-refractivity contribution in [2.45, 2.75) is 84.0 Å². The first-order valence-electron chi connectivity index (χ1n) is 10.7. The Balaban J connectivity index is 1.63. The molecule has 4 atom stereocenters. The maximum atomic E-state index is 10.5. The van der Waals surface area contributed by atoms with Crippen molar-refractivity contribution in [2.24, 2.45) is 23.7 Å². The number of carbonyl (C=O) groups is 1. The summed E-state index contributed by atoms with van der Waals surface area (Å²) >= 11 is 0. The van der Waals surface area contributed by atoms with Gasteiger partial charge in [0, 0.05) is 19.6 Å². The van der Waals surface area contributed by atoms with Crippen LogP contribution in [0.15, 0.2) is 12.2 Å². The van der Waals surface area contributed by atoms with Gasteiger partial charge < -0.3 is 9.84 Å². The van der Waals surface area contributed by atoms with Gasteiger partial charge in [-0.05, 0) is 75.0 Å². The van der Waals surface area contributed by atoms with Gasteiger partial charge in [-0.2, -0.15) is 0 Å². The summed E-state index contributed by atoms with van der Waals surface area (Å²) in [5, 5.41) is 8.68. The minimum Gasteiger partial charge on any atom is -0.481 e. The smallest absolute Gasteiger partial charge is 0.303 e. The van der Waals surface area contributed by atoms with Crippen LogP contribution in [0, 0.1) is 23.7 Å². The molecule has 0 saturated heterocycles. The molecule has 144 valence electrons. The molecule has 0 aromatic carbocycles. The van der Waals surface area contributed by atoms with Crippen LogP contribution < -0.4 is 0 Å². The third-order valence-corrected chi connectivity index (χ3v) is 6.35. The van der Waals surface area contributed by atoms with E-state index in [9.17, 15) is 4.79 Å². The third-order valence-electron chi connectivity index (χ3n) is 6.35. The summed E-state index contributed by atoms with van der Waals surface area (Å²) in [6.45, 7) is 4.13. The highest BCUT2D eigenvalue weighted by Gasteiger charge is 2.46. The van der Waals surface area contributed by atoms with Crippen molar-refractivity contribution in [3.05, 3.63) is 12.2 Å². The fourth-order valence-electron chi connectivity index (χ4n) is 5.04. The van der Waals surface area contributed by atoms with E-state index >= 15 is 0 Å². The van der Waals surface area contributed by atoms with Crippen LogP contribution in [0.5, 0.6) is 0 Å². The number of unbranched alkanes of at least 4 members (excludes halogenated alkanes) is 4. The van der Waals surface area contributed by atoms with E-state index in [-0.39, 0.29) is 6.42 Å². The Morgan fingerprint density at radius 3 is 2.60 bits per heavy atom. The van der Waals surface area contributed by atoms with Crippen LogP contribution in [0.25, 0.3) is 0 Å². The van der Waals surface area contributed by atoms with Crippen molar-refractivity contribution in [3.63, 3.8) is 0 Å². The topological polar surface area (TPSA) is 46.5 Å². The lowest BCUT2D eigenvalue weighted by Gasteiger charge is -2.30. The fourth-order valence-corrected chi connectivity index (χ4v) is 5.04. The summed E-state index contributed by atoms with van der Waals surface area (Å²) in [5.41, 5.74) is 0. The van der Waals surface area contributed by atoms with Crippen LogP contribution >= 0.6 is 0 Å². The molecule has 2 rings (SSSR count). The number of carboxylic acids is 1. The molecular formula is C22H38O3. The van der Waals surface area contributed by atoms with Gasteiger partial charge in [-0.15, -0.1) is 0 Å². The number of ether oxygens (including phenoxy) is 1. The molecule has 2 bridgehead atoms. The maximum absolute atomic E-state index is 10.5. The van der Waals surface area contributed by atoms with Crippen LogP contribution in [-0.2, 0) is 9.53 Å². The molecule has 1 N–H and O–H groups in total. The predicted molar refractivity (Wildman–Crippen MR) is 103 cm³/mol.